The SMILES string of the molecule is COc1ncccc1-c1nnc2ccnc(N)n12. The van der Waals surface area contributed by atoms with Crippen LogP contribution in [0, 0.1) is 0 Å². The van der Waals surface area contributed by atoms with E-state index < -0.39 is 0 Å². The fraction of sp³-hybridized carbons (Fsp3) is 0.0909. The molecule has 3 rings (SSSR count). The molecule has 90 valence electrons. The molecule has 0 atom stereocenters. The molecule has 0 aliphatic carbocycles. The van der Waals surface area contributed by atoms with Crippen molar-refractivity contribution in [2.24, 2.45) is 0 Å². The summed E-state index contributed by atoms with van der Waals surface area (Å²) in [4.78, 5) is 8.15. The van der Waals surface area contributed by atoms with E-state index in [1.54, 1.807) is 36.0 Å². The lowest BCUT2D eigenvalue weighted by atomic mass is 10.2. The largest absolute Gasteiger partial charge is 0.480 e. The minimum atomic E-state index is 0.318. The lowest BCUT2D eigenvalue weighted by Crippen LogP contribution is -2.02. The lowest BCUT2D eigenvalue weighted by Gasteiger charge is -2.06. The number of methoxy groups -OCH3 is 1. The molecular weight excluding hydrogens is 232 g/mol. The van der Waals surface area contributed by atoms with Gasteiger partial charge in [-0.25, -0.2) is 14.4 Å². The summed E-state index contributed by atoms with van der Waals surface area (Å²) in [5.41, 5.74) is 7.18. The molecule has 3 aromatic rings. The first-order valence-corrected chi connectivity index (χ1v) is 5.26. The second-order valence-electron chi connectivity index (χ2n) is 3.58. The van der Waals surface area contributed by atoms with Gasteiger partial charge in [0.2, 0.25) is 11.8 Å². The van der Waals surface area contributed by atoms with Gasteiger partial charge in [-0.1, -0.05) is 0 Å². The first-order chi connectivity index (χ1) is 8.81. The number of pyridine rings is 1. The Morgan fingerprint density at radius 1 is 1.17 bits per heavy atom. The van der Waals surface area contributed by atoms with Crippen LogP contribution in [0.2, 0.25) is 0 Å². The van der Waals surface area contributed by atoms with Crippen LogP contribution < -0.4 is 10.5 Å². The number of nitrogen functional groups attached to an aromatic ring is 1. The van der Waals surface area contributed by atoms with E-state index >= 15 is 0 Å². The first kappa shape index (κ1) is 10.5. The number of fused-ring (bicyclic) bond motifs is 1. The summed E-state index contributed by atoms with van der Waals surface area (Å²) in [6, 6.07) is 5.37. The molecule has 3 aromatic heterocycles. The monoisotopic (exact) mass is 242 g/mol. The Morgan fingerprint density at radius 2 is 2.06 bits per heavy atom. The highest BCUT2D eigenvalue weighted by Gasteiger charge is 2.15. The maximum absolute atomic E-state index is 5.84. The van der Waals surface area contributed by atoms with E-state index in [-0.39, 0.29) is 0 Å². The summed E-state index contributed by atoms with van der Waals surface area (Å²) in [5, 5.41) is 8.15. The van der Waals surface area contributed by atoms with Crippen molar-refractivity contribution in [3.05, 3.63) is 30.6 Å². The predicted molar refractivity (Wildman–Crippen MR) is 65.0 cm³/mol. The molecule has 0 aliphatic rings. The normalized spacial score (nSPS) is 10.7. The van der Waals surface area contributed by atoms with Crippen LogP contribution in [0.15, 0.2) is 30.6 Å². The third kappa shape index (κ3) is 1.45. The smallest absolute Gasteiger partial charge is 0.224 e. The third-order valence-electron chi connectivity index (χ3n) is 2.55. The summed E-state index contributed by atoms with van der Waals surface area (Å²) < 4.78 is 6.86. The van der Waals surface area contributed by atoms with E-state index in [0.717, 1.165) is 0 Å². The van der Waals surface area contributed by atoms with Gasteiger partial charge in [0.25, 0.3) is 0 Å². The number of rotatable bonds is 2. The van der Waals surface area contributed by atoms with E-state index in [0.29, 0.717) is 28.9 Å². The fourth-order valence-corrected chi connectivity index (χ4v) is 1.77. The number of nitrogens with zero attached hydrogens (tertiary/aromatic N) is 5. The van der Waals surface area contributed by atoms with Crippen molar-refractivity contribution in [1.29, 1.82) is 0 Å². The van der Waals surface area contributed by atoms with Gasteiger partial charge in [0, 0.05) is 18.5 Å². The minimum absolute atomic E-state index is 0.318. The van der Waals surface area contributed by atoms with Gasteiger partial charge in [-0.15, -0.1) is 10.2 Å². The molecule has 0 unspecified atom stereocenters. The third-order valence-corrected chi connectivity index (χ3v) is 2.55. The van der Waals surface area contributed by atoms with Crippen LogP contribution in [0.25, 0.3) is 17.0 Å². The number of aromatic nitrogens is 5. The summed E-state index contributed by atoms with van der Waals surface area (Å²) in [6.45, 7) is 0. The Kier molecular flexibility index (Phi) is 2.30. The maximum atomic E-state index is 5.84. The Morgan fingerprint density at radius 3 is 2.89 bits per heavy atom. The number of ether oxygens (including phenoxy) is 1. The highest BCUT2D eigenvalue weighted by Crippen LogP contribution is 2.27. The second kappa shape index (κ2) is 3.95. The average molecular weight is 242 g/mol. The molecule has 0 saturated carbocycles. The van der Waals surface area contributed by atoms with Crippen molar-refractivity contribution >= 4 is 11.6 Å². The van der Waals surface area contributed by atoms with Crippen molar-refractivity contribution in [1.82, 2.24) is 24.6 Å². The van der Waals surface area contributed by atoms with E-state index in [9.17, 15) is 0 Å². The summed E-state index contributed by atoms with van der Waals surface area (Å²) in [6.07, 6.45) is 3.23. The molecule has 0 bridgehead atoms. The van der Waals surface area contributed by atoms with E-state index in [1.165, 1.54) is 0 Å². The molecule has 0 saturated heterocycles. The molecule has 0 fully saturated rings. The predicted octanol–water partition coefficient (Wildman–Crippen LogP) is 0.777. The quantitative estimate of drug-likeness (QED) is 0.714. The fourth-order valence-electron chi connectivity index (χ4n) is 1.77. The van der Waals surface area contributed by atoms with Crippen molar-refractivity contribution in [2.45, 2.75) is 0 Å². The lowest BCUT2D eigenvalue weighted by molar-refractivity contribution is 0.399. The van der Waals surface area contributed by atoms with Crippen LogP contribution in [0.4, 0.5) is 5.95 Å². The molecule has 0 spiro atoms. The van der Waals surface area contributed by atoms with Gasteiger partial charge in [0.05, 0.1) is 12.7 Å². The first-order valence-electron chi connectivity index (χ1n) is 5.26. The minimum Gasteiger partial charge on any atom is -0.480 e. The van der Waals surface area contributed by atoms with E-state index in [1.807, 2.05) is 6.07 Å². The number of anilines is 1. The van der Waals surface area contributed by atoms with Crippen molar-refractivity contribution in [2.75, 3.05) is 12.8 Å². The molecule has 0 radical (unpaired) electrons. The van der Waals surface area contributed by atoms with Crippen molar-refractivity contribution < 1.29 is 4.74 Å². The molecule has 0 aromatic carbocycles. The van der Waals surface area contributed by atoms with Gasteiger partial charge in [0.15, 0.2) is 11.5 Å². The zero-order chi connectivity index (χ0) is 12.5. The topological polar surface area (TPSA) is 91.2 Å². The van der Waals surface area contributed by atoms with Crippen LogP contribution in [0.1, 0.15) is 0 Å². The molecule has 7 nitrogen and oxygen atoms in total. The number of hydrogen-bond donors (Lipinski definition) is 1. The molecule has 18 heavy (non-hydrogen) atoms. The van der Waals surface area contributed by atoms with Crippen molar-refractivity contribution in [3.8, 4) is 17.3 Å². The van der Waals surface area contributed by atoms with Crippen LogP contribution in [0.3, 0.4) is 0 Å². The summed E-state index contributed by atoms with van der Waals surface area (Å²) in [5.74, 6) is 1.34. The second-order valence-corrected chi connectivity index (χ2v) is 3.58. The van der Waals surface area contributed by atoms with Crippen LogP contribution in [0.5, 0.6) is 5.88 Å². The molecule has 0 amide bonds. The van der Waals surface area contributed by atoms with Gasteiger partial charge < -0.3 is 10.5 Å². The summed E-state index contributed by atoms with van der Waals surface area (Å²) >= 11 is 0. The van der Waals surface area contributed by atoms with Crippen LogP contribution in [-0.2, 0) is 0 Å². The Hall–Kier alpha value is -2.70. The van der Waals surface area contributed by atoms with Crippen LogP contribution >= 0.6 is 0 Å². The highest BCUT2D eigenvalue weighted by atomic mass is 16.5. The zero-order valence-electron chi connectivity index (χ0n) is 9.61. The number of nitrogens with two attached hydrogens (primary N) is 1. The summed E-state index contributed by atoms with van der Waals surface area (Å²) in [7, 11) is 1.55. The van der Waals surface area contributed by atoms with Gasteiger partial charge in [-0.3, -0.25) is 0 Å². The number of hydrogen-bond acceptors (Lipinski definition) is 6. The molecule has 0 aliphatic heterocycles. The molecule has 2 N–H and O–H groups in total. The molecule has 3 heterocycles. The highest BCUT2D eigenvalue weighted by molar-refractivity contribution is 5.65. The Labute approximate surface area is 102 Å². The zero-order valence-corrected chi connectivity index (χ0v) is 9.61. The van der Waals surface area contributed by atoms with Gasteiger partial charge in [-0.05, 0) is 12.1 Å². The van der Waals surface area contributed by atoms with Gasteiger partial charge >= 0.3 is 0 Å². The van der Waals surface area contributed by atoms with Gasteiger partial charge in [0.1, 0.15) is 0 Å². The maximum Gasteiger partial charge on any atom is 0.224 e. The standard InChI is InChI=1S/C11H10N6O/c1-18-10-7(3-2-5-13-10)9-16-15-8-4-6-14-11(12)17(8)9/h2-6H,1H3,(H2,12,14). The van der Waals surface area contributed by atoms with Crippen molar-refractivity contribution in [3.63, 3.8) is 0 Å². The van der Waals surface area contributed by atoms with E-state index in [2.05, 4.69) is 20.2 Å². The molecular formula is C11H10N6O. The van der Waals surface area contributed by atoms with Gasteiger partial charge in [-0.2, -0.15) is 0 Å². The Balaban J connectivity index is 2.32. The van der Waals surface area contributed by atoms with Crippen LogP contribution in [-0.4, -0.2) is 31.7 Å². The Bertz CT molecular complexity index is 708. The molecule has 7 heteroatoms. The average Bonchev–Trinajstić information content (AvgIpc) is 2.84. The van der Waals surface area contributed by atoms with E-state index in [4.69, 9.17) is 10.5 Å².